The van der Waals surface area contributed by atoms with Gasteiger partial charge in [-0.05, 0) is 55.2 Å². The lowest BCUT2D eigenvalue weighted by Gasteiger charge is -2.34. The van der Waals surface area contributed by atoms with Crippen LogP contribution in [0, 0.1) is 5.41 Å². The van der Waals surface area contributed by atoms with Crippen molar-refractivity contribution in [2.75, 3.05) is 0 Å². The molecule has 0 spiro atoms. The summed E-state index contributed by atoms with van der Waals surface area (Å²) in [6.45, 7) is 8.74. The first-order chi connectivity index (χ1) is 8.66. The zero-order chi connectivity index (χ0) is 13.4. The second-order valence-electron chi connectivity index (χ2n) is 5.35. The van der Waals surface area contributed by atoms with Gasteiger partial charge in [-0.25, -0.2) is 0 Å². The predicted octanol–water partition coefficient (Wildman–Crippen LogP) is 4.67. The third-order valence-electron chi connectivity index (χ3n) is 3.32. The minimum atomic E-state index is 0.553. The smallest absolute Gasteiger partial charge is 0.0417 e. The van der Waals surface area contributed by atoms with Crippen molar-refractivity contribution < 1.29 is 0 Å². The Kier molecular flexibility index (Phi) is 6.72. The van der Waals surface area contributed by atoms with Crippen LogP contribution in [0.4, 0.5) is 0 Å². The van der Waals surface area contributed by atoms with E-state index in [0.717, 1.165) is 0 Å². The van der Waals surface area contributed by atoms with E-state index in [9.17, 15) is 0 Å². The highest BCUT2D eigenvalue weighted by Gasteiger charge is 2.26. The fourth-order valence-electron chi connectivity index (χ4n) is 2.08. The Bertz CT molecular complexity index is 315. The van der Waals surface area contributed by atoms with Crippen molar-refractivity contribution in [3.05, 3.63) is 24.5 Å². The van der Waals surface area contributed by atoms with Crippen molar-refractivity contribution in [3.63, 3.8) is 0 Å². The van der Waals surface area contributed by atoms with E-state index in [0.29, 0.717) is 11.5 Å². The average Bonchev–Trinajstić information content (AvgIpc) is 2.41. The molecule has 0 unspecified atom stereocenters. The lowest BCUT2D eigenvalue weighted by molar-refractivity contribution is 0.220. The lowest BCUT2D eigenvalue weighted by Crippen LogP contribution is -2.31. The standard InChI is InChI=1S/C13H20N2S.C2H6/c1-13(2)7-5-11(6-8-13)15-16-12-4-3-9-14-10-12;1-2/h3-4,9-11,15H,5-8H2,1-2H3;1-2H3. The first-order valence-corrected chi connectivity index (χ1v) is 7.80. The van der Waals surface area contributed by atoms with Crippen LogP contribution < -0.4 is 4.72 Å². The molecule has 18 heavy (non-hydrogen) atoms. The molecule has 0 radical (unpaired) electrons. The molecule has 1 fully saturated rings. The Labute approximate surface area is 116 Å². The molecule has 102 valence electrons. The molecule has 2 nitrogen and oxygen atoms in total. The highest BCUT2D eigenvalue weighted by molar-refractivity contribution is 7.97. The van der Waals surface area contributed by atoms with Crippen molar-refractivity contribution in [2.24, 2.45) is 5.41 Å². The fraction of sp³-hybridized carbons (Fsp3) is 0.667. The molecule has 1 aromatic rings. The molecule has 1 aliphatic rings. The normalized spacial score (nSPS) is 18.9. The molecule has 0 bridgehead atoms. The molecule has 3 heteroatoms. The summed E-state index contributed by atoms with van der Waals surface area (Å²) in [5.41, 5.74) is 0.553. The molecular formula is C15H26N2S. The molecule has 0 amide bonds. The minimum Gasteiger partial charge on any atom is -0.264 e. The first-order valence-electron chi connectivity index (χ1n) is 6.98. The monoisotopic (exact) mass is 266 g/mol. The summed E-state index contributed by atoms with van der Waals surface area (Å²) >= 11 is 1.71. The second kappa shape index (κ2) is 7.80. The van der Waals surface area contributed by atoms with Crippen LogP contribution in [0.2, 0.25) is 0 Å². The fourth-order valence-corrected chi connectivity index (χ4v) is 2.87. The molecule has 0 aromatic carbocycles. The Morgan fingerprint density at radius 3 is 2.50 bits per heavy atom. The minimum absolute atomic E-state index is 0.553. The maximum Gasteiger partial charge on any atom is 0.0417 e. The topological polar surface area (TPSA) is 24.9 Å². The third-order valence-corrected chi connectivity index (χ3v) is 4.25. The summed E-state index contributed by atoms with van der Waals surface area (Å²) < 4.78 is 3.55. The molecule has 0 aliphatic heterocycles. The Hall–Kier alpha value is -0.540. The number of rotatable bonds is 3. The van der Waals surface area contributed by atoms with Gasteiger partial charge in [-0.2, -0.15) is 0 Å². The van der Waals surface area contributed by atoms with Crippen molar-refractivity contribution >= 4 is 11.9 Å². The number of hydrogen-bond acceptors (Lipinski definition) is 3. The summed E-state index contributed by atoms with van der Waals surface area (Å²) in [5.74, 6) is 0. The van der Waals surface area contributed by atoms with Gasteiger partial charge in [-0.3, -0.25) is 9.71 Å². The number of hydrogen-bond donors (Lipinski definition) is 1. The Morgan fingerprint density at radius 1 is 1.28 bits per heavy atom. The lowest BCUT2D eigenvalue weighted by atomic mass is 9.76. The largest absolute Gasteiger partial charge is 0.264 e. The molecule has 1 N–H and O–H groups in total. The van der Waals surface area contributed by atoms with Crippen LogP contribution in [0.3, 0.4) is 0 Å². The van der Waals surface area contributed by atoms with Gasteiger partial charge in [0.15, 0.2) is 0 Å². The van der Waals surface area contributed by atoms with Crippen molar-refractivity contribution in [2.45, 2.75) is 64.3 Å². The zero-order valence-electron chi connectivity index (χ0n) is 12.1. The molecule has 0 saturated heterocycles. The molecule has 2 rings (SSSR count). The van der Waals surface area contributed by atoms with Crippen LogP contribution in [0.15, 0.2) is 29.4 Å². The Morgan fingerprint density at radius 2 is 1.94 bits per heavy atom. The molecule has 1 aromatic heterocycles. The summed E-state index contributed by atoms with van der Waals surface area (Å²) in [4.78, 5) is 5.31. The van der Waals surface area contributed by atoms with E-state index in [2.05, 4.69) is 29.6 Å². The SMILES string of the molecule is CC.CC1(C)CCC(NSc2cccnc2)CC1. The summed E-state index contributed by atoms with van der Waals surface area (Å²) in [7, 11) is 0. The van der Waals surface area contributed by atoms with E-state index in [1.807, 2.05) is 32.3 Å². The van der Waals surface area contributed by atoms with Gasteiger partial charge in [-0.1, -0.05) is 27.7 Å². The number of nitrogens with zero attached hydrogens (tertiary/aromatic N) is 1. The highest BCUT2D eigenvalue weighted by Crippen LogP contribution is 2.35. The number of pyridine rings is 1. The van der Waals surface area contributed by atoms with E-state index >= 15 is 0 Å². The predicted molar refractivity (Wildman–Crippen MR) is 80.6 cm³/mol. The summed E-state index contributed by atoms with van der Waals surface area (Å²) in [6.07, 6.45) is 8.97. The number of aromatic nitrogens is 1. The van der Waals surface area contributed by atoms with Gasteiger partial charge < -0.3 is 0 Å². The van der Waals surface area contributed by atoms with Gasteiger partial charge in [0.2, 0.25) is 0 Å². The highest BCUT2D eigenvalue weighted by atomic mass is 32.2. The van der Waals surface area contributed by atoms with Gasteiger partial charge in [0, 0.05) is 23.3 Å². The van der Waals surface area contributed by atoms with Gasteiger partial charge in [-0.15, -0.1) is 0 Å². The van der Waals surface area contributed by atoms with E-state index in [-0.39, 0.29) is 0 Å². The zero-order valence-corrected chi connectivity index (χ0v) is 12.9. The van der Waals surface area contributed by atoms with Crippen molar-refractivity contribution in [1.29, 1.82) is 0 Å². The average molecular weight is 266 g/mol. The second-order valence-corrected chi connectivity index (χ2v) is 6.26. The Balaban J connectivity index is 0.000000771. The maximum atomic E-state index is 4.11. The van der Waals surface area contributed by atoms with E-state index in [1.165, 1.54) is 30.6 Å². The van der Waals surface area contributed by atoms with Crippen LogP contribution in [0.5, 0.6) is 0 Å². The molecule has 1 saturated carbocycles. The van der Waals surface area contributed by atoms with Crippen molar-refractivity contribution in [3.8, 4) is 0 Å². The molecule has 0 atom stereocenters. The molecule has 1 aliphatic carbocycles. The third kappa shape index (κ3) is 5.40. The van der Waals surface area contributed by atoms with Crippen molar-refractivity contribution in [1.82, 2.24) is 9.71 Å². The van der Waals surface area contributed by atoms with Crippen LogP contribution in [0.1, 0.15) is 53.4 Å². The maximum absolute atomic E-state index is 4.11. The van der Waals surface area contributed by atoms with E-state index < -0.39 is 0 Å². The summed E-state index contributed by atoms with van der Waals surface area (Å²) in [6, 6.07) is 4.74. The van der Waals surface area contributed by atoms with E-state index in [1.54, 1.807) is 11.9 Å². The van der Waals surface area contributed by atoms with Gasteiger partial charge in [0.1, 0.15) is 0 Å². The van der Waals surface area contributed by atoms with Gasteiger partial charge in [0.05, 0.1) is 0 Å². The van der Waals surface area contributed by atoms with Crippen LogP contribution in [-0.4, -0.2) is 11.0 Å². The van der Waals surface area contributed by atoms with Crippen LogP contribution in [-0.2, 0) is 0 Å². The van der Waals surface area contributed by atoms with Gasteiger partial charge in [0.25, 0.3) is 0 Å². The molecule has 1 heterocycles. The van der Waals surface area contributed by atoms with Crippen LogP contribution in [0.25, 0.3) is 0 Å². The first kappa shape index (κ1) is 15.5. The quantitative estimate of drug-likeness (QED) is 0.805. The number of nitrogens with one attached hydrogen (secondary N) is 1. The molecular weight excluding hydrogens is 240 g/mol. The van der Waals surface area contributed by atoms with Crippen LogP contribution >= 0.6 is 11.9 Å². The van der Waals surface area contributed by atoms with E-state index in [4.69, 9.17) is 0 Å². The van der Waals surface area contributed by atoms with Gasteiger partial charge >= 0.3 is 0 Å². The summed E-state index contributed by atoms with van der Waals surface area (Å²) in [5, 5.41) is 0.